The van der Waals surface area contributed by atoms with Gasteiger partial charge in [0.15, 0.2) is 0 Å². The van der Waals surface area contributed by atoms with Crippen LogP contribution >= 0.6 is 27.5 Å². The molecule has 1 aliphatic rings. The zero-order chi connectivity index (χ0) is 13.8. The van der Waals surface area contributed by atoms with E-state index in [1.807, 2.05) is 6.07 Å². The first-order chi connectivity index (χ1) is 9.06. The Bertz CT molecular complexity index is 423. The van der Waals surface area contributed by atoms with Crippen LogP contribution in [0.15, 0.2) is 22.7 Å². The lowest BCUT2D eigenvalue weighted by Gasteiger charge is -2.28. The molecule has 0 saturated carbocycles. The molecule has 0 amide bonds. The van der Waals surface area contributed by atoms with E-state index in [-0.39, 0.29) is 0 Å². The first-order valence-electron chi connectivity index (χ1n) is 6.99. The summed E-state index contributed by atoms with van der Waals surface area (Å²) >= 11 is 9.84. The van der Waals surface area contributed by atoms with Crippen molar-refractivity contribution in [3.05, 3.63) is 27.7 Å². The fourth-order valence-electron chi connectivity index (χ4n) is 2.68. The van der Waals surface area contributed by atoms with E-state index in [2.05, 4.69) is 52.1 Å². The first-order valence-corrected chi connectivity index (χ1v) is 8.16. The number of hydrogen-bond donors (Lipinski definition) is 1. The SMILES string of the molecule is CC(C)CC1CN(c2ccc(Br)cc2Cl)CCCN1. The molecule has 1 aliphatic heterocycles. The minimum atomic E-state index is 0.558. The third-order valence-electron chi connectivity index (χ3n) is 3.48. The second kappa shape index (κ2) is 6.96. The van der Waals surface area contributed by atoms with Crippen LogP contribution in [-0.4, -0.2) is 25.7 Å². The van der Waals surface area contributed by atoms with Crippen LogP contribution in [0.25, 0.3) is 0 Å². The molecule has 0 radical (unpaired) electrons. The second-order valence-corrected chi connectivity index (χ2v) is 7.00. The molecule has 0 spiro atoms. The Labute approximate surface area is 129 Å². The van der Waals surface area contributed by atoms with E-state index in [1.165, 1.54) is 12.8 Å². The smallest absolute Gasteiger partial charge is 0.0650 e. The minimum Gasteiger partial charge on any atom is -0.369 e. The summed E-state index contributed by atoms with van der Waals surface area (Å²) in [5.74, 6) is 0.720. The summed E-state index contributed by atoms with van der Waals surface area (Å²) in [6.45, 7) is 7.78. The summed E-state index contributed by atoms with van der Waals surface area (Å²) in [7, 11) is 0. The van der Waals surface area contributed by atoms with Crippen molar-refractivity contribution >= 4 is 33.2 Å². The maximum Gasteiger partial charge on any atom is 0.0650 e. The van der Waals surface area contributed by atoms with E-state index < -0.39 is 0 Å². The van der Waals surface area contributed by atoms with Crippen molar-refractivity contribution < 1.29 is 0 Å². The van der Waals surface area contributed by atoms with Gasteiger partial charge in [-0.05, 0) is 43.5 Å². The van der Waals surface area contributed by atoms with Crippen molar-refractivity contribution in [3.63, 3.8) is 0 Å². The second-order valence-electron chi connectivity index (χ2n) is 5.68. The predicted molar refractivity (Wildman–Crippen MR) is 87.2 cm³/mol. The minimum absolute atomic E-state index is 0.558. The maximum absolute atomic E-state index is 6.38. The highest BCUT2D eigenvalue weighted by molar-refractivity contribution is 9.10. The van der Waals surface area contributed by atoms with E-state index in [0.29, 0.717) is 6.04 Å². The van der Waals surface area contributed by atoms with Gasteiger partial charge in [-0.15, -0.1) is 0 Å². The lowest BCUT2D eigenvalue weighted by molar-refractivity contribution is 0.436. The third-order valence-corrected chi connectivity index (χ3v) is 4.28. The van der Waals surface area contributed by atoms with Gasteiger partial charge >= 0.3 is 0 Å². The van der Waals surface area contributed by atoms with E-state index in [9.17, 15) is 0 Å². The van der Waals surface area contributed by atoms with Crippen molar-refractivity contribution in [1.82, 2.24) is 5.32 Å². The molecule has 1 aromatic rings. The van der Waals surface area contributed by atoms with Crippen LogP contribution in [0, 0.1) is 5.92 Å². The zero-order valence-electron chi connectivity index (χ0n) is 11.6. The molecule has 0 bridgehead atoms. The normalized spacial score (nSPS) is 20.7. The molecule has 4 heteroatoms. The number of benzene rings is 1. The molecular weight excluding hydrogens is 324 g/mol. The predicted octanol–water partition coefficient (Wildman–Crippen LogP) is 4.32. The number of rotatable bonds is 3. The topological polar surface area (TPSA) is 15.3 Å². The van der Waals surface area contributed by atoms with E-state index >= 15 is 0 Å². The molecule has 1 heterocycles. The average Bonchev–Trinajstić information content (AvgIpc) is 2.53. The summed E-state index contributed by atoms with van der Waals surface area (Å²) in [5, 5.41) is 4.48. The van der Waals surface area contributed by atoms with Gasteiger partial charge in [-0.1, -0.05) is 41.4 Å². The van der Waals surface area contributed by atoms with Gasteiger partial charge in [0, 0.05) is 23.6 Å². The highest BCUT2D eigenvalue weighted by atomic mass is 79.9. The van der Waals surface area contributed by atoms with Crippen LogP contribution in [-0.2, 0) is 0 Å². The van der Waals surface area contributed by atoms with Gasteiger partial charge in [-0.25, -0.2) is 0 Å². The molecule has 1 saturated heterocycles. The Morgan fingerprint density at radius 3 is 2.95 bits per heavy atom. The van der Waals surface area contributed by atoms with Crippen molar-refractivity contribution in [1.29, 1.82) is 0 Å². The first kappa shape index (κ1) is 15.1. The summed E-state index contributed by atoms with van der Waals surface area (Å²) in [6, 6.07) is 6.72. The largest absolute Gasteiger partial charge is 0.369 e. The van der Waals surface area contributed by atoms with Gasteiger partial charge in [0.05, 0.1) is 10.7 Å². The lowest BCUT2D eigenvalue weighted by Crippen LogP contribution is -2.38. The number of halogens is 2. The summed E-state index contributed by atoms with van der Waals surface area (Å²) in [5.41, 5.74) is 1.15. The van der Waals surface area contributed by atoms with Crippen molar-refractivity contribution in [3.8, 4) is 0 Å². The van der Waals surface area contributed by atoms with Crippen molar-refractivity contribution in [2.45, 2.75) is 32.7 Å². The highest BCUT2D eigenvalue weighted by Gasteiger charge is 2.20. The van der Waals surface area contributed by atoms with Crippen LogP contribution in [0.3, 0.4) is 0 Å². The van der Waals surface area contributed by atoms with E-state index in [1.54, 1.807) is 0 Å². The summed E-state index contributed by atoms with van der Waals surface area (Å²) < 4.78 is 1.04. The molecule has 0 aliphatic carbocycles. The quantitative estimate of drug-likeness (QED) is 0.878. The van der Waals surface area contributed by atoms with Gasteiger partial charge in [0.2, 0.25) is 0 Å². The standard InChI is InChI=1S/C15H22BrClN2/c1-11(2)8-13-10-19(7-3-6-18-13)15-5-4-12(16)9-14(15)17/h4-5,9,11,13,18H,3,6-8,10H2,1-2H3. The van der Waals surface area contributed by atoms with Crippen molar-refractivity contribution in [2.24, 2.45) is 5.92 Å². The molecule has 19 heavy (non-hydrogen) atoms. The van der Waals surface area contributed by atoms with Crippen molar-refractivity contribution in [2.75, 3.05) is 24.5 Å². The Kier molecular flexibility index (Phi) is 5.55. The van der Waals surface area contributed by atoms with Gasteiger partial charge in [-0.3, -0.25) is 0 Å². The Balaban J connectivity index is 2.13. The van der Waals surface area contributed by atoms with E-state index in [0.717, 1.165) is 40.7 Å². The van der Waals surface area contributed by atoms with Crippen LogP contribution in [0.4, 0.5) is 5.69 Å². The van der Waals surface area contributed by atoms with Crippen LogP contribution in [0.1, 0.15) is 26.7 Å². The molecule has 1 fully saturated rings. The third kappa shape index (κ3) is 4.37. The monoisotopic (exact) mass is 344 g/mol. The maximum atomic E-state index is 6.38. The molecule has 1 atom stereocenters. The fourth-order valence-corrected chi connectivity index (χ4v) is 3.47. The summed E-state index contributed by atoms with van der Waals surface area (Å²) in [6.07, 6.45) is 2.38. The summed E-state index contributed by atoms with van der Waals surface area (Å²) in [4.78, 5) is 2.42. The zero-order valence-corrected chi connectivity index (χ0v) is 14.0. The molecular formula is C15H22BrClN2. The Hall–Kier alpha value is -0.250. The molecule has 106 valence electrons. The number of nitrogens with zero attached hydrogens (tertiary/aromatic N) is 1. The molecule has 2 nitrogen and oxygen atoms in total. The van der Waals surface area contributed by atoms with Gasteiger partial charge < -0.3 is 10.2 Å². The Morgan fingerprint density at radius 2 is 2.26 bits per heavy atom. The van der Waals surface area contributed by atoms with E-state index in [4.69, 9.17) is 11.6 Å². The molecule has 0 aromatic heterocycles. The molecule has 2 rings (SSSR count). The Morgan fingerprint density at radius 1 is 1.47 bits per heavy atom. The molecule has 1 aromatic carbocycles. The highest BCUT2D eigenvalue weighted by Crippen LogP contribution is 2.30. The molecule has 1 N–H and O–H groups in total. The lowest BCUT2D eigenvalue weighted by atomic mass is 10.0. The van der Waals surface area contributed by atoms with Gasteiger partial charge in [0.1, 0.15) is 0 Å². The average molecular weight is 346 g/mol. The number of anilines is 1. The fraction of sp³-hybridized carbons (Fsp3) is 0.600. The van der Waals surface area contributed by atoms with Gasteiger partial charge in [0.25, 0.3) is 0 Å². The van der Waals surface area contributed by atoms with Crippen LogP contribution in [0.5, 0.6) is 0 Å². The van der Waals surface area contributed by atoms with Gasteiger partial charge in [-0.2, -0.15) is 0 Å². The van der Waals surface area contributed by atoms with Crippen LogP contribution < -0.4 is 10.2 Å². The number of hydrogen-bond acceptors (Lipinski definition) is 2. The molecule has 1 unspecified atom stereocenters. The van der Waals surface area contributed by atoms with Crippen LogP contribution in [0.2, 0.25) is 5.02 Å². The number of nitrogens with one attached hydrogen (secondary N) is 1.